The first-order valence-electron chi connectivity index (χ1n) is 3.58. The van der Waals surface area contributed by atoms with Gasteiger partial charge in [0, 0.05) is 10.1 Å². The standard InChI is InChI=1S/C9H9IN2/c1-6-2-9(10)8(5-12)3-7(6)4-11/h2-3H,4,11H2,1H3. The molecule has 0 unspecified atom stereocenters. The van der Waals surface area contributed by atoms with Gasteiger partial charge in [0.2, 0.25) is 0 Å². The van der Waals surface area contributed by atoms with Crippen LogP contribution in [0.5, 0.6) is 0 Å². The number of halogens is 1. The number of nitrogens with zero attached hydrogens (tertiary/aromatic N) is 1. The van der Waals surface area contributed by atoms with E-state index in [9.17, 15) is 0 Å². The summed E-state index contributed by atoms with van der Waals surface area (Å²) in [7, 11) is 0. The molecule has 0 spiro atoms. The van der Waals surface area contributed by atoms with Gasteiger partial charge < -0.3 is 5.73 Å². The van der Waals surface area contributed by atoms with Gasteiger partial charge in [0.15, 0.2) is 0 Å². The van der Waals surface area contributed by atoms with Crippen molar-refractivity contribution in [3.05, 3.63) is 32.4 Å². The Morgan fingerprint density at radius 1 is 1.58 bits per heavy atom. The number of aryl methyl sites for hydroxylation is 1. The van der Waals surface area contributed by atoms with Crippen LogP contribution in [0.3, 0.4) is 0 Å². The van der Waals surface area contributed by atoms with Crippen molar-refractivity contribution < 1.29 is 0 Å². The van der Waals surface area contributed by atoms with Crippen molar-refractivity contribution in [1.29, 1.82) is 5.26 Å². The average Bonchev–Trinajstić information content (AvgIpc) is 2.05. The molecular formula is C9H9IN2. The van der Waals surface area contributed by atoms with E-state index in [2.05, 4.69) is 28.7 Å². The van der Waals surface area contributed by atoms with E-state index >= 15 is 0 Å². The first-order chi connectivity index (χ1) is 5.69. The van der Waals surface area contributed by atoms with Crippen LogP contribution in [-0.4, -0.2) is 0 Å². The van der Waals surface area contributed by atoms with Gasteiger partial charge in [0.1, 0.15) is 6.07 Å². The number of nitrogens with two attached hydrogens (primary N) is 1. The minimum atomic E-state index is 0.497. The van der Waals surface area contributed by atoms with Crippen LogP contribution in [0.1, 0.15) is 16.7 Å². The zero-order valence-corrected chi connectivity index (χ0v) is 8.92. The Balaban J connectivity index is 3.30. The molecule has 0 heterocycles. The van der Waals surface area contributed by atoms with Crippen LogP contribution in [0.15, 0.2) is 12.1 Å². The Labute approximate surface area is 85.5 Å². The fourth-order valence-electron chi connectivity index (χ4n) is 1.02. The predicted molar refractivity (Wildman–Crippen MR) is 56.5 cm³/mol. The molecule has 0 fully saturated rings. The van der Waals surface area contributed by atoms with Gasteiger partial charge in [0.05, 0.1) is 5.56 Å². The lowest BCUT2D eigenvalue weighted by Gasteiger charge is -2.04. The lowest BCUT2D eigenvalue weighted by Crippen LogP contribution is -2.00. The van der Waals surface area contributed by atoms with Crippen LogP contribution in [0.4, 0.5) is 0 Å². The van der Waals surface area contributed by atoms with Gasteiger partial charge in [-0.25, -0.2) is 0 Å². The van der Waals surface area contributed by atoms with Crippen molar-refractivity contribution in [3.8, 4) is 6.07 Å². The van der Waals surface area contributed by atoms with E-state index in [1.165, 1.54) is 0 Å². The van der Waals surface area contributed by atoms with Gasteiger partial charge in [-0.2, -0.15) is 5.26 Å². The highest BCUT2D eigenvalue weighted by Crippen LogP contribution is 2.17. The molecule has 0 aliphatic heterocycles. The maximum absolute atomic E-state index is 8.73. The molecule has 0 saturated carbocycles. The molecule has 2 N–H and O–H groups in total. The third-order valence-corrected chi connectivity index (χ3v) is 2.66. The molecule has 0 radical (unpaired) electrons. The first kappa shape index (κ1) is 9.49. The highest BCUT2D eigenvalue weighted by Gasteiger charge is 2.02. The zero-order valence-electron chi connectivity index (χ0n) is 6.76. The number of hydrogen-bond acceptors (Lipinski definition) is 2. The monoisotopic (exact) mass is 272 g/mol. The summed E-state index contributed by atoms with van der Waals surface area (Å²) >= 11 is 2.16. The van der Waals surface area contributed by atoms with E-state index in [0.29, 0.717) is 12.1 Å². The van der Waals surface area contributed by atoms with Gasteiger partial charge in [-0.15, -0.1) is 0 Å². The van der Waals surface area contributed by atoms with E-state index < -0.39 is 0 Å². The summed E-state index contributed by atoms with van der Waals surface area (Å²) in [5, 5.41) is 8.73. The molecular weight excluding hydrogens is 263 g/mol. The number of rotatable bonds is 1. The zero-order chi connectivity index (χ0) is 9.14. The van der Waals surface area contributed by atoms with E-state index in [1.54, 1.807) is 0 Å². The molecule has 62 valence electrons. The Morgan fingerprint density at radius 3 is 2.75 bits per heavy atom. The molecule has 0 atom stereocenters. The Bertz CT molecular complexity index is 339. The second-order valence-corrected chi connectivity index (χ2v) is 3.74. The molecule has 3 heteroatoms. The summed E-state index contributed by atoms with van der Waals surface area (Å²) in [6.07, 6.45) is 0. The first-order valence-corrected chi connectivity index (χ1v) is 4.66. The molecule has 12 heavy (non-hydrogen) atoms. The quantitative estimate of drug-likeness (QED) is 0.794. The van der Waals surface area contributed by atoms with Crippen LogP contribution in [0.25, 0.3) is 0 Å². The number of nitriles is 1. The molecule has 0 aliphatic rings. The maximum atomic E-state index is 8.73. The molecule has 1 rings (SSSR count). The van der Waals surface area contributed by atoms with Crippen molar-refractivity contribution in [2.24, 2.45) is 5.73 Å². The van der Waals surface area contributed by atoms with Crippen LogP contribution >= 0.6 is 22.6 Å². The Morgan fingerprint density at radius 2 is 2.25 bits per heavy atom. The summed E-state index contributed by atoms with van der Waals surface area (Å²) in [6, 6.07) is 5.98. The molecule has 1 aromatic carbocycles. The largest absolute Gasteiger partial charge is 0.326 e. The van der Waals surface area contributed by atoms with Crippen molar-refractivity contribution in [3.63, 3.8) is 0 Å². The van der Waals surface area contributed by atoms with Crippen LogP contribution in [0, 0.1) is 21.8 Å². The highest BCUT2D eigenvalue weighted by molar-refractivity contribution is 14.1. The van der Waals surface area contributed by atoms with E-state index in [1.807, 2.05) is 19.1 Å². The van der Waals surface area contributed by atoms with E-state index in [4.69, 9.17) is 11.0 Å². The Kier molecular flexibility index (Phi) is 3.06. The van der Waals surface area contributed by atoms with Gasteiger partial charge in [-0.3, -0.25) is 0 Å². The highest BCUT2D eigenvalue weighted by atomic mass is 127. The number of hydrogen-bond donors (Lipinski definition) is 1. The molecule has 0 amide bonds. The van der Waals surface area contributed by atoms with E-state index in [0.717, 1.165) is 14.7 Å². The molecule has 0 aliphatic carbocycles. The summed E-state index contributed by atoms with van der Waals surface area (Å²) in [5.74, 6) is 0. The SMILES string of the molecule is Cc1cc(I)c(C#N)cc1CN. The van der Waals surface area contributed by atoms with Gasteiger partial charge in [-0.1, -0.05) is 0 Å². The van der Waals surface area contributed by atoms with Crippen LogP contribution < -0.4 is 5.73 Å². The molecule has 2 nitrogen and oxygen atoms in total. The fraction of sp³-hybridized carbons (Fsp3) is 0.222. The third-order valence-electron chi connectivity index (χ3n) is 1.77. The number of benzene rings is 1. The fourth-order valence-corrected chi connectivity index (χ4v) is 1.77. The Hall–Kier alpha value is -0.600. The van der Waals surface area contributed by atoms with Crippen molar-refractivity contribution in [2.75, 3.05) is 0 Å². The van der Waals surface area contributed by atoms with Crippen molar-refractivity contribution in [2.45, 2.75) is 13.5 Å². The van der Waals surface area contributed by atoms with Gasteiger partial charge in [-0.05, 0) is 52.8 Å². The molecule has 0 saturated heterocycles. The molecule has 0 aromatic heterocycles. The lowest BCUT2D eigenvalue weighted by molar-refractivity contribution is 1.04. The second-order valence-electron chi connectivity index (χ2n) is 2.57. The summed E-state index contributed by atoms with van der Waals surface area (Å²) < 4.78 is 0.991. The van der Waals surface area contributed by atoms with E-state index in [-0.39, 0.29) is 0 Å². The van der Waals surface area contributed by atoms with Gasteiger partial charge >= 0.3 is 0 Å². The maximum Gasteiger partial charge on any atom is 0.100 e. The molecule has 0 bridgehead atoms. The van der Waals surface area contributed by atoms with Crippen LogP contribution in [0.2, 0.25) is 0 Å². The summed E-state index contributed by atoms with van der Waals surface area (Å²) in [5.41, 5.74) is 8.42. The van der Waals surface area contributed by atoms with Crippen molar-refractivity contribution in [1.82, 2.24) is 0 Å². The second kappa shape index (κ2) is 3.87. The minimum absolute atomic E-state index is 0.497. The normalized spacial score (nSPS) is 9.50. The average molecular weight is 272 g/mol. The minimum Gasteiger partial charge on any atom is -0.326 e. The lowest BCUT2D eigenvalue weighted by atomic mass is 10.1. The van der Waals surface area contributed by atoms with Gasteiger partial charge in [0.25, 0.3) is 0 Å². The summed E-state index contributed by atoms with van der Waals surface area (Å²) in [6.45, 7) is 2.50. The summed E-state index contributed by atoms with van der Waals surface area (Å²) in [4.78, 5) is 0. The smallest absolute Gasteiger partial charge is 0.100 e. The van der Waals surface area contributed by atoms with Crippen molar-refractivity contribution >= 4 is 22.6 Å². The topological polar surface area (TPSA) is 49.8 Å². The third kappa shape index (κ3) is 1.76. The van der Waals surface area contributed by atoms with Crippen LogP contribution in [-0.2, 0) is 6.54 Å². The predicted octanol–water partition coefficient (Wildman–Crippen LogP) is 1.93. The molecule has 1 aromatic rings.